The van der Waals surface area contributed by atoms with Crippen molar-refractivity contribution in [3.05, 3.63) is 352 Å². The summed E-state index contributed by atoms with van der Waals surface area (Å²) in [6.07, 6.45) is 2.38. The van der Waals surface area contributed by atoms with E-state index < -0.39 is 10.8 Å². The monoisotopic (exact) mass is 975 g/mol. The summed E-state index contributed by atoms with van der Waals surface area (Å²) in [6.45, 7) is 0. The lowest BCUT2D eigenvalue weighted by Crippen LogP contribution is -2.36. The van der Waals surface area contributed by atoms with Gasteiger partial charge >= 0.3 is 0 Å². The van der Waals surface area contributed by atoms with E-state index in [-0.39, 0.29) is 0 Å². The maximum absolute atomic E-state index is 2.48. The number of fused-ring (bicyclic) bond motifs is 19. The van der Waals surface area contributed by atoms with E-state index in [1.54, 1.807) is 0 Å². The van der Waals surface area contributed by atoms with Crippen molar-refractivity contribution in [2.24, 2.45) is 0 Å². The van der Waals surface area contributed by atoms with Gasteiger partial charge in [-0.3, -0.25) is 0 Å². The van der Waals surface area contributed by atoms with E-state index >= 15 is 0 Å². The van der Waals surface area contributed by atoms with Crippen LogP contribution in [0.4, 0.5) is 17.1 Å². The summed E-state index contributed by atoms with van der Waals surface area (Å²) < 4.78 is 0. The van der Waals surface area contributed by atoms with Crippen molar-refractivity contribution >= 4 is 28.7 Å². The van der Waals surface area contributed by atoms with Crippen LogP contribution in [-0.2, 0) is 10.8 Å². The zero-order valence-electron chi connectivity index (χ0n) is 42.2. The molecule has 1 heterocycles. The average molecular weight is 976 g/mol. The van der Waals surface area contributed by atoms with Crippen molar-refractivity contribution in [2.75, 3.05) is 4.90 Å². The van der Waals surface area contributed by atoms with Gasteiger partial charge in [0.25, 0.3) is 0 Å². The maximum Gasteiger partial charge on any atom is 0.0754 e. The third kappa shape index (κ3) is 6.06. The number of anilines is 3. The summed E-state index contributed by atoms with van der Waals surface area (Å²) >= 11 is 0. The average Bonchev–Trinajstić information content (AvgIpc) is 4.33. The van der Waals surface area contributed by atoms with E-state index in [2.05, 4.69) is 302 Å². The molecular formula is C76H49N. The fourth-order valence-corrected chi connectivity index (χ4v) is 14.4. The molecule has 1 heteroatoms. The van der Waals surface area contributed by atoms with Crippen LogP contribution >= 0.6 is 0 Å². The Morgan fingerprint density at radius 2 is 0.701 bits per heavy atom. The molecule has 0 atom stereocenters. The summed E-state index contributed by atoms with van der Waals surface area (Å²) in [4.78, 5) is 2.45. The largest absolute Gasteiger partial charge is 0.310 e. The molecule has 1 aliphatic heterocycles. The van der Waals surface area contributed by atoms with Gasteiger partial charge in [0, 0.05) is 5.69 Å². The van der Waals surface area contributed by atoms with E-state index in [1.165, 1.54) is 123 Å². The molecule has 4 aliphatic rings. The van der Waals surface area contributed by atoms with Gasteiger partial charge in [0.2, 0.25) is 0 Å². The van der Waals surface area contributed by atoms with E-state index in [0.717, 1.165) is 16.8 Å². The number of nitrogens with zero attached hydrogens (tertiary/aromatic N) is 1. The smallest absolute Gasteiger partial charge is 0.0754 e. The van der Waals surface area contributed by atoms with Gasteiger partial charge < -0.3 is 4.90 Å². The predicted octanol–water partition coefficient (Wildman–Crippen LogP) is 19.1. The zero-order valence-corrected chi connectivity index (χ0v) is 42.2. The van der Waals surface area contributed by atoms with Crippen molar-refractivity contribution in [1.82, 2.24) is 0 Å². The number of hydrogen-bond donors (Lipinski definition) is 0. The van der Waals surface area contributed by atoms with Crippen LogP contribution in [0.3, 0.4) is 0 Å². The molecule has 0 unspecified atom stereocenters. The normalized spacial score (nSPS) is 14.2. The predicted molar refractivity (Wildman–Crippen MR) is 319 cm³/mol. The van der Waals surface area contributed by atoms with Crippen LogP contribution in [0.1, 0.15) is 61.2 Å². The van der Waals surface area contributed by atoms with Crippen molar-refractivity contribution < 1.29 is 0 Å². The van der Waals surface area contributed by atoms with Crippen molar-refractivity contribution in [1.29, 1.82) is 0 Å². The Morgan fingerprint density at radius 1 is 0.273 bits per heavy atom. The van der Waals surface area contributed by atoms with Crippen molar-refractivity contribution in [3.8, 4) is 55.6 Å². The summed E-state index contributed by atoms with van der Waals surface area (Å²) in [7, 11) is 0. The second-order valence-corrected chi connectivity index (χ2v) is 21.0. The first-order valence-electron chi connectivity index (χ1n) is 26.9. The van der Waals surface area contributed by atoms with E-state index in [4.69, 9.17) is 0 Å². The highest BCUT2D eigenvalue weighted by Gasteiger charge is 2.53. The fourth-order valence-electron chi connectivity index (χ4n) is 14.4. The lowest BCUT2D eigenvalue weighted by Gasteiger charge is -2.45. The first kappa shape index (κ1) is 43.6. The molecule has 0 radical (unpaired) electrons. The molecule has 12 aromatic carbocycles. The lowest BCUT2D eigenvalue weighted by atomic mass is 9.64. The van der Waals surface area contributed by atoms with Gasteiger partial charge in [0.1, 0.15) is 0 Å². The first-order valence-corrected chi connectivity index (χ1v) is 26.9. The topological polar surface area (TPSA) is 3.24 Å². The molecule has 77 heavy (non-hydrogen) atoms. The van der Waals surface area contributed by atoms with Crippen LogP contribution in [0, 0.1) is 0 Å². The van der Waals surface area contributed by atoms with Gasteiger partial charge in [0.05, 0.1) is 22.2 Å². The third-order valence-electron chi connectivity index (χ3n) is 17.3. The summed E-state index contributed by atoms with van der Waals surface area (Å²) in [5, 5.41) is 0. The van der Waals surface area contributed by atoms with Crippen LogP contribution < -0.4 is 4.90 Å². The SMILES string of the molecule is C(=C(\c1cccc(-c2ccccc2-c2cccc3c2-c2ccccc2C32c3ccccc3-c3ccccc32)c1)c1ccc2c(c1)-c1ccccc1C21c2ccccc2N(c2ccccc2)c2ccccc21)/c1ccccc1. The van der Waals surface area contributed by atoms with Crippen LogP contribution in [0.15, 0.2) is 291 Å². The van der Waals surface area contributed by atoms with Crippen LogP contribution in [0.25, 0.3) is 67.3 Å². The highest BCUT2D eigenvalue weighted by Crippen LogP contribution is 2.66. The maximum atomic E-state index is 2.48. The quantitative estimate of drug-likeness (QED) is 0.150. The Kier molecular flexibility index (Phi) is 9.53. The minimum Gasteiger partial charge on any atom is -0.310 e. The molecule has 0 fully saturated rings. The molecular weight excluding hydrogens is 927 g/mol. The fraction of sp³-hybridized carbons (Fsp3) is 0.0263. The minimum absolute atomic E-state index is 0.413. The van der Waals surface area contributed by atoms with E-state index in [0.29, 0.717) is 0 Å². The standard InChI is InChI=1S/C76H49N/c1-3-23-50(24-4-1)47-62(53-45-46-68-63(49-53)59-33-11-15-38-66(59)76(68)69-40-17-19-43-72(69)77(54-27-5-2-6-28-54)73-44-20-18-41-70(73)76)52-26-21-25-51(48-52)55-29-7-8-30-56(55)60-35-22-42-71-74(60)61-34-12-16-39-67(61)75(71)64-36-13-9-31-57(64)58-32-10-14-37-65(58)75/h1-49H/b62-47-. The lowest BCUT2D eigenvalue weighted by molar-refractivity contribution is 0.752. The van der Waals surface area contributed by atoms with Crippen LogP contribution in [0.5, 0.6) is 0 Å². The van der Waals surface area contributed by atoms with Crippen LogP contribution in [0.2, 0.25) is 0 Å². The molecule has 0 saturated carbocycles. The molecule has 358 valence electrons. The minimum atomic E-state index is -0.530. The Hall–Kier alpha value is -9.82. The Labute approximate surface area is 450 Å². The van der Waals surface area contributed by atoms with Gasteiger partial charge in [-0.1, -0.05) is 255 Å². The molecule has 0 amide bonds. The number of hydrogen-bond acceptors (Lipinski definition) is 1. The molecule has 16 rings (SSSR count). The summed E-state index contributed by atoms with van der Waals surface area (Å²) in [5.74, 6) is 0. The molecule has 12 aromatic rings. The summed E-state index contributed by atoms with van der Waals surface area (Å²) in [6, 6.07) is 109. The molecule has 0 bridgehead atoms. The highest BCUT2D eigenvalue weighted by atomic mass is 15.2. The van der Waals surface area contributed by atoms with E-state index in [1.807, 2.05) is 0 Å². The van der Waals surface area contributed by atoms with Gasteiger partial charge in [-0.25, -0.2) is 0 Å². The first-order chi connectivity index (χ1) is 38.2. The molecule has 3 aliphatic carbocycles. The van der Waals surface area contributed by atoms with Gasteiger partial charge in [-0.15, -0.1) is 0 Å². The number of para-hydroxylation sites is 3. The molecule has 1 nitrogen and oxygen atoms in total. The van der Waals surface area contributed by atoms with Gasteiger partial charge in [-0.05, 0) is 165 Å². The van der Waals surface area contributed by atoms with E-state index in [9.17, 15) is 0 Å². The highest BCUT2D eigenvalue weighted by molar-refractivity contribution is 6.03. The Morgan fingerprint density at radius 3 is 1.34 bits per heavy atom. The van der Waals surface area contributed by atoms with Crippen LogP contribution in [-0.4, -0.2) is 0 Å². The van der Waals surface area contributed by atoms with Crippen molar-refractivity contribution in [2.45, 2.75) is 10.8 Å². The van der Waals surface area contributed by atoms with Gasteiger partial charge in [-0.2, -0.15) is 0 Å². The Balaban J connectivity index is 0.866. The molecule has 2 spiro atoms. The second-order valence-electron chi connectivity index (χ2n) is 21.0. The molecule has 0 aromatic heterocycles. The number of rotatable bonds is 6. The number of benzene rings is 12. The third-order valence-corrected chi connectivity index (χ3v) is 17.3. The molecule has 0 saturated heterocycles. The van der Waals surface area contributed by atoms with Crippen molar-refractivity contribution in [3.63, 3.8) is 0 Å². The Bertz CT molecular complexity index is 4310. The zero-order chi connectivity index (χ0) is 50.7. The second kappa shape index (κ2) is 16.8. The van der Waals surface area contributed by atoms with Gasteiger partial charge in [0.15, 0.2) is 0 Å². The molecule has 0 N–H and O–H groups in total. The summed E-state index contributed by atoms with van der Waals surface area (Å²) in [5.41, 5.74) is 30.5.